The second kappa shape index (κ2) is 7.29. The quantitative estimate of drug-likeness (QED) is 0.544. The molecular weight excluding hydrogens is 381 g/mol. The van der Waals surface area contributed by atoms with Crippen LogP contribution in [0.2, 0.25) is 0 Å². The number of aromatic nitrogens is 3. The molecule has 0 aliphatic carbocycles. The molecule has 0 saturated carbocycles. The van der Waals surface area contributed by atoms with Crippen molar-refractivity contribution in [3.05, 3.63) is 41.8 Å². The maximum Gasteiger partial charge on any atom is 0.232 e. The van der Waals surface area contributed by atoms with Gasteiger partial charge in [0.05, 0.1) is 40.7 Å². The summed E-state index contributed by atoms with van der Waals surface area (Å²) >= 11 is 1.42. The average molecular weight is 399 g/mol. The van der Waals surface area contributed by atoms with Gasteiger partial charge in [0.2, 0.25) is 5.88 Å². The lowest BCUT2D eigenvalue weighted by Crippen LogP contribution is -2.13. The minimum absolute atomic E-state index is 0.0219. The molecule has 0 saturated heterocycles. The van der Waals surface area contributed by atoms with Crippen molar-refractivity contribution in [2.75, 3.05) is 13.7 Å². The van der Waals surface area contributed by atoms with E-state index in [0.29, 0.717) is 22.4 Å². The van der Waals surface area contributed by atoms with Crippen LogP contribution in [0.1, 0.15) is 12.5 Å². The first-order valence-corrected chi connectivity index (χ1v) is 9.49. The van der Waals surface area contributed by atoms with Crippen LogP contribution in [0.3, 0.4) is 0 Å². The summed E-state index contributed by atoms with van der Waals surface area (Å²) in [6, 6.07) is 6.88. The van der Waals surface area contributed by atoms with Crippen LogP contribution >= 0.6 is 11.3 Å². The summed E-state index contributed by atoms with van der Waals surface area (Å²) in [5.41, 5.74) is 3.80. The van der Waals surface area contributed by atoms with Crippen molar-refractivity contribution in [3.63, 3.8) is 0 Å². The number of aliphatic hydroxyl groups is 1. The predicted octanol–water partition coefficient (Wildman–Crippen LogP) is 4.12. The molecule has 1 atom stereocenters. The van der Waals surface area contributed by atoms with Crippen molar-refractivity contribution in [1.29, 1.82) is 0 Å². The smallest absolute Gasteiger partial charge is 0.232 e. The van der Waals surface area contributed by atoms with E-state index in [9.17, 15) is 9.50 Å². The number of ether oxygens (including phenoxy) is 2. The lowest BCUT2D eigenvalue weighted by atomic mass is 10.1. The molecule has 28 heavy (non-hydrogen) atoms. The highest BCUT2D eigenvalue weighted by Gasteiger charge is 2.16. The minimum Gasteiger partial charge on any atom is -0.488 e. The monoisotopic (exact) mass is 399 g/mol. The van der Waals surface area contributed by atoms with Gasteiger partial charge >= 0.3 is 0 Å². The van der Waals surface area contributed by atoms with Gasteiger partial charge in [-0.3, -0.25) is 0 Å². The Morgan fingerprint density at radius 2 is 2.00 bits per heavy atom. The summed E-state index contributed by atoms with van der Waals surface area (Å²) in [4.78, 5) is 13.5. The first-order chi connectivity index (χ1) is 13.4. The Morgan fingerprint density at radius 1 is 1.18 bits per heavy atom. The zero-order valence-corrected chi connectivity index (χ0v) is 16.4. The summed E-state index contributed by atoms with van der Waals surface area (Å²) in [5.74, 6) is 0.0289. The van der Waals surface area contributed by atoms with Gasteiger partial charge in [-0.2, -0.15) is 0 Å². The van der Waals surface area contributed by atoms with E-state index in [1.807, 2.05) is 19.1 Å². The third kappa shape index (κ3) is 3.48. The van der Waals surface area contributed by atoms with E-state index >= 15 is 0 Å². The minimum atomic E-state index is -0.679. The van der Waals surface area contributed by atoms with Crippen molar-refractivity contribution < 1.29 is 19.0 Å². The van der Waals surface area contributed by atoms with Crippen LogP contribution in [0.25, 0.3) is 31.8 Å². The Balaban J connectivity index is 1.83. The lowest BCUT2D eigenvalue weighted by molar-refractivity contribution is 0.120. The highest BCUT2D eigenvalue weighted by atomic mass is 32.1. The molecule has 4 rings (SSSR count). The van der Waals surface area contributed by atoms with Crippen LogP contribution in [0.5, 0.6) is 11.6 Å². The predicted molar refractivity (Wildman–Crippen MR) is 107 cm³/mol. The molecule has 0 spiro atoms. The van der Waals surface area contributed by atoms with Crippen LogP contribution in [0, 0.1) is 12.7 Å². The Hall–Kier alpha value is -2.84. The topological polar surface area (TPSA) is 77.4 Å². The number of fused-ring (bicyclic) bond motifs is 2. The van der Waals surface area contributed by atoms with E-state index in [2.05, 4.69) is 15.0 Å². The van der Waals surface area contributed by atoms with Crippen LogP contribution in [-0.2, 0) is 0 Å². The van der Waals surface area contributed by atoms with Crippen molar-refractivity contribution in [2.24, 2.45) is 0 Å². The molecule has 0 unspecified atom stereocenters. The summed E-state index contributed by atoms with van der Waals surface area (Å²) in [6.45, 7) is 3.58. The van der Waals surface area contributed by atoms with E-state index in [-0.39, 0.29) is 12.4 Å². The summed E-state index contributed by atoms with van der Waals surface area (Å²) in [7, 11) is 1.55. The molecule has 2 heterocycles. The number of hydrogen-bond donors (Lipinski definition) is 1. The third-order valence-corrected chi connectivity index (χ3v) is 5.18. The highest BCUT2D eigenvalue weighted by Crippen LogP contribution is 2.36. The molecule has 0 radical (unpaired) electrons. The number of methoxy groups -OCH3 is 1. The fourth-order valence-corrected chi connectivity index (χ4v) is 3.87. The van der Waals surface area contributed by atoms with Crippen LogP contribution in [-0.4, -0.2) is 39.9 Å². The van der Waals surface area contributed by atoms with Gasteiger partial charge in [-0.1, -0.05) is 0 Å². The number of benzene rings is 2. The molecule has 0 bridgehead atoms. The highest BCUT2D eigenvalue weighted by molar-refractivity contribution is 7.21. The first-order valence-electron chi connectivity index (χ1n) is 8.67. The number of rotatable bonds is 5. The molecule has 0 aliphatic heterocycles. The Morgan fingerprint density at radius 3 is 2.75 bits per heavy atom. The van der Waals surface area contributed by atoms with Gasteiger partial charge in [0.25, 0.3) is 0 Å². The second-order valence-corrected chi connectivity index (χ2v) is 7.55. The second-order valence-electron chi connectivity index (χ2n) is 6.52. The first kappa shape index (κ1) is 18.5. The molecular formula is C20H18FN3O3S. The number of thiazole rings is 1. The number of nitrogens with zero attached hydrogens (tertiary/aromatic N) is 3. The van der Waals surface area contributed by atoms with Crippen LogP contribution in [0.15, 0.2) is 30.5 Å². The summed E-state index contributed by atoms with van der Waals surface area (Å²) < 4.78 is 25.6. The molecule has 0 fully saturated rings. The van der Waals surface area contributed by atoms with Gasteiger partial charge in [-0.05, 0) is 31.5 Å². The van der Waals surface area contributed by atoms with E-state index in [1.54, 1.807) is 26.3 Å². The Kier molecular flexibility index (Phi) is 4.82. The van der Waals surface area contributed by atoms with Gasteiger partial charge in [0, 0.05) is 17.7 Å². The summed E-state index contributed by atoms with van der Waals surface area (Å²) in [6.07, 6.45) is 0.886. The van der Waals surface area contributed by atoms with E-state index in [0.717, 1.165) is 20.8 Å². The number of hydrogen-bond acceptors (Lipinski definition) is 7. The summed E-state index contributed by atoms with van der Waals surface area (Å²) in [5, 5.41) is 10.1. The fourth-order valence-electron chi connectivity index (χ4n) is 2.88. The maximum absolute atomic E-state index is 14.3. The van der Waals surface area contributed by atoms with Crippen molar-refractivity contribution in [3.8, 4) is 22.2 Å². The van der Waals surface area contributed by atoms with Crippen LogP contribution in [0.4, 0.5) is 4.39 Å². The molecule has 6 nitrogen and oxygen atoms in total. The van der Waals surface area contributed by atoms with Gasteiger partial charge < -0.3 is 14.6 Å². The lowest BCUT2D eigenvalue weighted by Gasteiger charge is -2.08. The molecule has 144 valence electrons. The largest absolute Gasteiger partial charge is 0.488 e. The van der Waals surface area contributed by atoms with E-state index < -0.39 is 11.9 Å². The van der Waals surface area contributed by atoms with Crippen molar-refractivity contribution >= 4 is 32.6 Å². The van der Waals surface area contributed by atoms with Gasteiger partial charge in [-0.25, -0.2) is 19.3 Å². The van der Waals surface area contributed by atoms with Gasteiger partial charge in [0.1, 0.15) is 11.6 Å². The van der Waals surface area contributed by atoms with E-state index in [1.165, 1.54) is 17.4 Å². The zero-order valence-electron chi connectivity index (χ0n) is 15.6. The molecule has 2 aromatic carbocycles. The average Bonchev–Trinajstić information content (AvgIpc) is 3.07. The Labute approximate surface area is 164 Å². The molecule has 0 amide bonds. The molecule has 2 aromatic heterocycles. The molecule has 0 aliphatic rings. The zero-order chi connectivity index (χ0) is 19.8. The fraction of sp³-hybridized carbons (Fsp3) is 0.250. The number of aryl methyl sites for hydroxylation is 1. The Bertz CT molecular complexity index is 1180. The standard InChI is InChI=1S/C20H18FN3O3S/c1-10-4-12(19-15(5-10)23-18(26-3)8-22-19)20-24-14-6-13(21)16(7-17(14)28-20)27-9-11(2)25/h4-8,11,25H,9H2,1-3H3/t11-/m1/s1. The van der Waals surface area contributed by atoms with Crippen molar-refractivity contribution in [2.45, 2.75) is 20.0 Å². The van der Waals surface area contributed by atoms with E-state index in [4.69, 9.17) is 9.47 Å². The number of halogens is 1. The van der Waals surface area contributed by atoms with Gasteiger partial charge in [-0.15, -0.1) is 11.3 Å². The molecule has 4 aromatic rings. The number of aliphatic hydroxyl groups excluding tert-OH is 1. The maximum atomic E-state index is 14.3. The normalized spacial score (nSPS) is 12.5. The molecule has 8 heteroatoms. The van der Waals surface area contributed by atoms with Gasteiger partial charge in [0.15, 0.2) is 11.6 Å². The third-order valence-electron chi connectivity index (χ3n) is 4.13. The van der Waals surface area contributed by atoms with Crippen LogP contribution < -0.4 is 9.47 Å². The van der Waals surface area contributed by atoms with Crippen molar-refractivity contribution in [1.82, 2.24) is 15.0 Å². The SMILES string of the molecule is COc1cnc2c(-c3nc4cc(F)c(OC[C@@H](C)O)cc4s3)cc(C)cc2n1. The molecule has 1 N–H and O–H groups in total.